The summed E-state index contributed by atoms with van der Waals surface area (Å²) in [6.07, 6.45) is 7.16. The van der Waals surface area contributed by atoms with Crippen molar-refractivity contribution in [2.24, 2.45) is 0 Å². The molecule has 0 aromatic carbocycles. The number of hydrogen-bond donors (Lipinski definition) is 1. The number of H-pyrrole nitrogens is 1. The Bertz CT molecular complexity index is 1170. The average Bonchev–Trinajstić information content (AvgIpc) is 3.25. The number of fused-ring (bicyclic) bond motifs is 1. The maximum absolute atomic E-state index is 6.36. The van der Waals surface area contributed by atoms with Gasteiger partial charge in [-0.15, -0.1) is 0 Å². The Morgan fingerprint density at radius 1 is 1.06 bits per heavy atom. The summed E-state index contributed by atoms with van der Waals surface area (Å²) in [6.45, 7) is 4.55. The molecule has 31 heavy (non-hydrogen) atoms. The monoisotopic (exact) mass is 411 g/mol. The molecule has 1 aliphatic heterocycles. The molecule has 0 amide bonds. The summed E-state index contributed by atoms with van der Waals surface area (Å²) < 4.78 is 5.14. The molecule has 1 fully saturated rings. The van der Waals surface area contributed by atoms with E-state index in [2.05, 4.69) is 40.8 Å². The molecular weight excluding hydrogens is 389 g/mol. The van der Waals surface area contributed by atoms with Crippen molar-refractivity contribution in [1.29, 1.82) is 0 Å². The van der Waals surface area contributed by atoms with E-state index >= 15 is 0 Å². The van der Waals surface area contributed by atoms with Crippen LogP contribution in [0.4, 0.5) is 5.69 Å². The number of nitrogens with one attached hydrogen (secondary N) is 1. The molecule has 0 saturated carbocycles. The number of ether oxygens (including phenoxy) is 1. The molecule has 4 aromatic rings. The minimum atomic E-state index is 0.562. The van der Waals surface area contributed by atoms with E-state index in [0.717, 1.165) is 49.5 Å². The van der Waals surface area contributed by atoms with Gasteiger partial charge in [0.1, 0.15) is 19.2 Å². The highest BCUT2D eigenvalue weighted by atomic mass is 16.5. The van der Waals surface area contributed by atoms with Crippen LogP contribution in [-0.4, -0.2) is 71.0 Å². The van der Waals surface area contributed by atoms with E-state index in [-0.39, 0.29) is 0 Å². The third-order valence-electron chi connectivity index (χ3n) is 5.56. The van der Waals surface area contributed by atoms with Crippen molar-refractivity contribution in [3.8, 4) is 17.3 Å². The predicted molar refractivity (Wildman–Crippen MR) is 121 cm³/mol. The molecule has 154 valence electrons. The lowest BCUT2D eigenvalue weighted by Gasteiger charge is -2.37. The molecule has 1 N–H and O–H groups in total. The van der Waals surface area contributed by atoms with Gasteiger partial charge in [-0.1, -0.05) is 11.5 Å². The van der Waals surface area contributed by atoms with Gasteiger partial charge >= 0.3 is 0 Å². The summed E-state index contributed by atoms with van der Waals surface area (Å²) in [4.78, 5) is 25.7. The van der Waals surface area contributed by atoms with Crippen molar-refractivity contribution in [3.05, 3.63) is 54.6 Å². The molecule has 1 aliphatic rings. The van der Waals surface area contributed by atoms with Crippen LogP contribution in [0.25, 0.3) is 22.6 Å². The van der Waals surface area contributed by atoms with Crippen LogP contribution in [0.3, 0.4) is 0 Å². The Hall–Kier alpha value is -3.46. The minimum Gasteiger partial charge on any atom is -0.481 e. The number of methoxy groups -OCH3 is 1. The third kappa shape index (κ3) is 3.96. The van der Waals surface area contributed by atoms with Crippen LogP contribution in [0.15, 0.2) is 49.1 Å². The zero-order valence-corrected chi connectivity index (χ0v) is 17.3. The van der Waals surface area contributed by atoms with Gasteiger partial charge in [0.15, 0.2) is 5.65 Å². The van der Waals surface area contributed by atoms with Gasteiger partial charge in [-0.2, -0.15) is 0 Å². The number of rotatable bonds is 5. The fraction of sp³-hybridized carbons (Fsp3) is 0.273. The molecule has 0 unspecified atom stereocenters. The Morgan fingerprint density at radius 2 is 1.94 bits per heavy atom. The van der Waals surface area contributed by atoms with Crippen LogP contribution in [0.1, 0.15) is 5.56 Å². The smallest absolute Gasteiger partial charge is 0.212 e. The van der Waals surface area contributed by atoms with E-state index in [0.29, 0.717) is 22.8 Å². The predicted octanol–water partition coefficient (Wildman–Crippen LogP) is 1.54. The highest BCUT2D eigenvalue weighted by Crippen LogP contribution is 2.27. The standard InChI is InChI=1S/C22H22BN7O/c1-31-18-5-4-16(12-25-18)21-27-19-20(17(23)13-26-22(19)28-21)30-9-7-29(8-10-30)14-15-3-2-6-24-11-15/h2-6,11-13H,7-10,14H2,1H3,(H,26,27,28). The Morgan fingerprint density at radius 3 is 2.65 bits per heavy atom. The van der Waals surface area contributed by atoms with E-state index in [1.807, 2.05) is 24.4 Å². The number of hydrogen-bond acceptors (Lipinski definition) is 7. The minimum absolute atomic E-state index is 0.562. The average molecular weight is 411 g/mol. The van der Waals surface area contributed by atoms with E-state index < -0.39 is 0 Å². The van der Waals surface area contributed by atoms with Crippen molar-refractivity contribution in [2.45, 2.75) is 6.54 Å². The fourth-order valence-electron chi connectivity index (χ4n) is 3.96. The Kier molecular flexibility index (Phi) is 5.25. The van der Waals surface area contributed by atoms with Gasteiger partial charge < -0.3 is 14.6 Å². The van der Waals surface area contributed by atoms with Crippen LogP contribution < -0.4 is 15.1 Å². The SMILES string of the molecule is [B]c1cnc2nc(-c3ccc(OC)nc3)[nH]c2c1N1CCN(Cc2cccnc2)CC1. The zero-order chi connectivity index (χ0) is 21.2. The fourth-order valence-corrected chi connectivity index (χ4v) is 3.96. The van der Waals surface area contributed by atoms with Gasteiger partial charge in [-0.05, 0) is 17.7 Å². The topological polar surface area (TPSA) is 83.1 Å². The number of aromatic nitrogens is 5. The van der Waals surface area contributed by atoms with Gasteiger partial charge in [0, 0.05) is 69.1 Å². The molecule has 5 rings (SSSR count). The summed E-state index contributed by atoms with van der Waals surface area (Å²) in [5.41, 5.74) is 5.21. The summed E-state index contributed by atoms with van der Waals surface area (Å²) >= 11 is 0. The molecule has 8 nitrogen and oxygen atoms in total. The number of anilines is 1. The Balaban J connectivity index is 1.38. The summed E-state index contributed by atoms with van der Waals surface area (Å²) in [6, 6.07) is 7.83. The van der Waals surface area contributed by atoms with Crippen LogP contribution in [0.5, 0.6) is 5.88 Å². The maximum atomic E-state index is 6.36. The van der Waals surface area contributed by atoms with E-state index in [1.54, 1.807) is 25.7 Å². The number of imidazole rings is 1. The van der Waals surface area contributed by atoms with Crippen molar-refractivity contribution < 1.29 is 4.74 Å². The van der Waals surface area contributed by atoms with Crippen molar-refractivity contribution in [1.82, 2.24) is 29.8 Å². The van der Waals surface area contributed by atoms with E-state index in [1.165, 1.54) is 5.56 Å². The molecule has 4 aromatic heterocycles. The molecule has 0 aliphatic carbocycles. The van der Waals surface area contributed by atoms with Gasteiger partial charge in [0.2, 0.25) is 5.88 Å². The number of piperazine rings is 1. The summed E-state index contributed by atoms with van der Waals surface area (Å²) in [7, 11) is 7.95. The molecule has 1 saturated heterocycles. The molecule has 2 radical (unpaired) electrons. The second-order valence-electron chi connectivity index (χ2n) is 7.56. The second kappa shape index (κ2) is 8.35. The van der Waals surface area contributed by atoms with Crippen molar-refractivity contribution in [3.63, 3.8) is 0 Å². The first-order chi connectivity index (χ1) is 15.2. The number of nitrogens with zero attached hydrogens (tertiary/aromatic N) is 6. The molecular formula is C22H22BN7O. The molecule has 0 atom stereocenters. The highest BCUT2D eigenvalue weighted by molar-refractivity contribution is 6.37. The van der Waals surface area contributed by atoms with Crippen LogP contribution in [0, 0.1) is 0 Å². The van der Waals surface area contributed by atoms with E-state index in [9.17, 15) is 0 Å². The summed E-state index contributed by atoms with van der Waals surface area (Å²) in [5, 5.41) is 0. The molecule has 0 bridgehead atoms. The van der Waals surface area contributed by atoms with Crippen molar-refractivity contribution in [2.75, 3.05) is 38.2 Å². The van der Waals surface area contributed by atoms with Crippen LogP contribution in [0.2, 0.25) is 0 Å². The quantitative estimate of drug-likeness (QED) is 0.499. The van der Waals surface area contributed by atoms with Crippen LogP contribution >= 0.6 is 0 Å². The van der Waals surface area contributed by atoms with Crippen molar-refractivity contribution >= 4 is 30.2 Å². The first kappa shape index (κ1) is 19.5. The Labute approximate surface area is 181 Å². The largest absolute Gasteiger partial charge is 0.481 e. The number of aromatic amines is 1. The molecule has 0 spiro atoms. The lowest BCUT2D eigenvalue weighted by atomic mass is 9.95. The summed E-state index contributed by atoms with van der Waals surface area (Å²) in [5.74, 6) is 1.27. The van der Waals surface area contributed by atoms with Gasteiger partial charge in [0.25, 0.3) is 0 Å². The highest BCUT2D eigenvalue weighted by Gasteiger charge is 2.22. The normalized spacial score (nSPS) is 14.8. The zero-order valence-electron chi connectivity index (χ0n) is 17.3. The maximum Gasteiger partial charge on any atom is 0.212 e. The van der Waals surface area contributed by atoms with Gasteiger partial charge in [-0.3, -0.25) is 9.88 Å². The lowest BCUT2D eigenvalue weighted by Crippen LogP contribution is -2.47. The lowest BCUT2D eigenvalue weighted by molar-refractivity contribution is 0.250. The van der Waals surface area contributed by atoms with E-state index in [4.69, 9.17) is 12.6 Å². The first-order valence-corrected chi connectivity index (χ1v) is 10.2. The first-order valence-electron chi connectivity index (χ1n) is 10.2. The van der Waals surface area contributed by atoms with Crippen LogP contribution in [-0.2, 0) is 6.54 Å². The third-order valence-corrected chi connectivity index (χ3v) is 5.56. The second-order valence-corrected chi connectivity index (χ2v) is 7.56. The molecule has 5 heterocycles. The van der Waals surface area contributed by atoms with Gasteiger partial charge in [0.05, 0.1) is 12.8 Å². The van der Waals surface area contributed by atoms with Gasteiger partial charge in [-0.25, -0.2) is 15.0 Å². The molecule has 9 heteroatoms. The number of pyridine rings is 3.